The maximum absolute atomic E-state index is 13.0. The van der Waals surface area contributed by atoms with Crippen LogP contribution < -0.4 is 5.56 Å². The van der Waals surface area contributed by atoms with Crippen LogP contribution in [0.1, 0.15) is 63.8 Å². The minimum atomic E-state index is -0.0356. The molecule has 132 valence electrons. The molecule has 0 aliphatic heterocycles. The summed E-state index contributed by atoms with van der Waals surface area (Å²) in [6.07, 6.45) is 5.20. The van der Waals surface area contributed by atoms with Crippen molar-refractivity contribution in [3.63, 3.8) is 0 Å². The van der Waals surface area contributed by atoms with Crippen LogP contribution in [0.15, 0.2) is 29.3 Å². The molecule has 0 radical (unpaired) electrons. The van der Waals surface area contributed by atoms with Gasteiger partial charge in [-0.1, -0.05) is 34.6 Å². The summed E-state index contributed by atoms with van der Waals surface area (Å²) in [6.45, 7) is 11.4. The van der Waals surface area contributed by atoms with Crippen LogP contribution in [0.5, 0.6) is 0 Å². The van der Waals surface area contributed by atoms with Crippen LogP contribution in [0, 0.1) is 11.3 Å². The summed E-state index contributed by atoms with van der Waals surface area (Å²) in [5.41, 5.74) is 5.47. The Morgan fingerprint density at radius 3 is 2.77 bits per heavy atom. The van der Waals surface area contributed by atoms with E-state index in [2.05, 4.69) is 61.3 Å². The third-order valence-corrected chi connectivity index (χ3v) is 8.02. The Labute approximate surface area is 152 Å². The second-order valence-corrected chi connectivity index (χ2v) is 9.89. The highest BCUT2D eigenvalue weighted by atomic mass is 16.1. The first-order valence-corrected chi connectivity index (χ1v) is 9.55. The summed E-state index contributed by atoms with van der Waals surface area (Å²) in [6, 6.07) is 3.99. The molecular weight excluding hydrogens is 322 g/mol. The van der Waals surface area contributed by atoms with Gasteiger partial charge in [-0.05, 0) is 41.2 Å². The van der Waals surface area contributed by atoms with Crippen LogP contribution in [0.2, 0.25) is 0 Å². The molecule has 3 aliphatic rings. The molecule has 3 aromatic rings. The van der Waals surface area contributed by atoms with E-state index in [9.17, 15) is 4.79 Å². The van der Waals surface area contributed by atoms with Crippen LogP contribution in [0.4, 0.5) is 0 Å². The van der Waals surface area contributed by atoms with E-state index >= 15 is 0 Å². The zero-order valence-electron chi connectivity index (χ0n) is 15.9. The molecule has 6 rings (SSSR count). The maximum atomic E-state index is 13.0. The quantitative estimate of drug-likeness (QED) is 0.580. The van der Waals surface area contributed by atoms with Crippen molar-refractivity contribution in [2.75, 3.05) is 0 Å². The largest absolute Gasteiger partial charge is 0.303 e. The molecule has 0 spiro atoms. The Hall–Kier alpha value is -2.23. The zero-order valence-corrected chi connectivity index (χ0v) is 15.9. The molecule has 4 nitrogen and oxygen atoms in total. The van der Waals surface area contributed by atoms with Crippen molar-refractivity contribution in [3.8, 4) is 0 Å². The van der Waals surface area contributed by atoms with Gasteiger partial charge in [0.25, 0.3) is 5.56 Å². The molecule has 0 saturated heterocycles. The molecule has 26 heavy (non-hydrogen) atoms. The van der Waals surface area contributed by atoms with E-state index in [1.54, 1.807) is 0 Å². The fourth-order valence-electron chi connectivity index (χ4n) is 6.43. The minimum Gasteiger partial charge on any atom is -0.303 e. The van der Waals surface area contributed by atoms with Crippen LogP contribution in [0.25, 0.3) is 16.6 Å². The average molecular weight is 345 g/mol. The molecule has 0 amide bonds. The van der Waals surface area contributed by atoms with Crippen LogP contribution in [-0.2, 0) is 10.8 Å². The van der Waals surface area contributed by atoms with Gasteiger partial charge in [-0.2, -0.15) is 4.98 Å². The summed E-state index contributed by atoms with van der Waals surface area (Å²) in [5, 5.41) is 0.978. The van der Waals surface area contributed by atoms with E-state index in [4.69, 9.17) is 0 Å². The normalized spacial score (nSPS) is 33.9. The van der Waals surface area contributed by atoms with Crippen molar-refractivity contribution in [2.24, 2.45) is 11.3 Å². The summed E-state index contributed by atoms with van der Waals surface area (Å²) in [7, 11) is 0. The first-order valence-electron chi connectivity index (χ1n) is 9.55. The van der Waals surface area contributed by atoms with Gasteiger partial charge in [-0.3, -0.25) is 9.78 Å². The Balaban J connectivity index is 1.85. The fraction of sp³-hybridized carbons (Fsp3) is 0.500. The van der Waals surface area contributed by atoms with Crippen LogP contribution in [0.3, 0.4) is 0 Å². The second kappa shape index (κ2) is 3.88. The smallest absolute Gasteiger partial charge is 0.277 e. The molecule has 4 heteroatoms. The van der Waals surface area contributed by atoms with E-state index in [-0.39, 0.29) is 21.8 Å². The van der Waals surface area contributed by atoms with Crippen molar-refractivity contribution < 1.29 is 0 Å². The highest BCUT2D eigenvalue weighted by molar-refractivity contribution is 5.94. The van der Waals surface area contributed by atoms with Crippen molar-refractivity contribution in [2.45, 2.75) is 57.8 Å². The van der Waals surface area contributed by atoms with Crippen molar-refractivity contribution in [1.82, 2.24) is 14.4 Å². The first kappa shape index (κ1) is 14.9. The summed E-state index contributed by atoms with van der Waals surface area (Å²) in [5.74, 6) is 1.11. The van der Waals surface area contributed by atoms with Crippen molar-refractivity contribution >= 4 is 16.6 Å². The summed E-state index contributed by atoms with van der Waals surface area (Å²) < 4.78 is 2.25. The second-order valence-electron chi connectivity index (χ2n) is 9.89. The molecule has 3 aromatic heterocycles. The van der Waals surface area contributed by atoms with Gasteiger partial charge < -0.3 is 4.40 Å². The average Bonchev–Trinajstić information content (AvgIpc) is 2.88. The van der Waals surface area contributed by atoms with E-state index in [1.165, 1.54) is 11.3 Å². The fourth-order valence-corrected chi connectivity index (χ4v) is 6.43. The molecule has 4 unspecified atom stereocenters. The van der Waals surface area contributed by atoms with Gasteiger partial charge in [-0.25, -0.2) is 0 Å². The minimum absolute atomic E-state index is 0.0215. The first-order chi connectivity index (χ1) is 12.2. The van der Waals surface area contributed by atoms with Crippen LogP contribution in [-0.4, -0.2) is 14.4 Å². The predicted molar refractivity (Wildman–Crippen MR) is 102 cm³/mol. The molecule has 4 atom stereocenters. The Bertz CT molecular complexity index is 1220. The SMILES string of the molecule is CC(C)(C)c1cn2c3c(c(=O)nc2c2cccnc12)C1CC2C3(C)C12C. The lowest BCUT2D eigenvalue weighted by Crippen LogP contribution is -2.31. The number of rotatable bonds is 0. The number of nitrogens with zero attached hydrogens (tertiary/aromatic N) is 3. The molecule has 0 bridgehead atoms. The number of hydrogen-bond donors (Lipinski definition) is 0. The topological polar surface area (TPSA) is 47.3 Å². The van der Waals surface area contributed by atoms with E-state index in [0.29, 0.717) is 11.8 Å². The molecular formula is C22H23N3O. The standard InChI is InChI=1S/C22H23N3O/c1-20(2,3)13-10-25-17-15(12-9-14-21(12,4)22(14,17)5)19(26)24-18(25)11-7-6-8-23-16(11)13/h6-8,10,12,14H,9H2,1-5H3. The van der Waals surface area contributed by atoms with E-state index < -0.39 is 0 Å². The summed E-state index contributed by atoms with van der Waals surface area (Å²) in [4.78, 5) is 22.2. The van der Waals surface area contributed by atoms with Crippen molar-refractivity contribution in [1.29, 1.82) is 0 Å². The van der Waals surface area contributed by atoms with Crippen molar-refractivity contribution in [3.05, 3.63) is 51.7 Å². The molecule has 3 heterocycles. The van der Waals surface area contributed by atoms with E-state index in [1.807, 2.05) is 12.3 Å². The monoisotopic (exact) mass is 345 g/mol. The van der Waals surface area contributed by atoms with Gasteiger partial charge >= 0.3 is 0 Å². The number of hydrogen-bond acceptors (Lipinski definition) is 3. The molecule has 2 fully saturated rings. The molecule has 0 aromatic carbocycles. The number of fused-ring (bicyclic) bond motifs is 8. The highest BCUT2D eigenvalue weighted by Crippen LogP contribution is 2.89. The third kappa shape index (κ3) is 1.28. The number of pyridine rings is 2. The van der Waals surface area contributed by atoms with Crippen LogP contribution >= 0.6 is 0 Å². The van der Waals surface area contributed by atoms with Gasteiger partial charge in [0.2, 0.25) is 0 Å². The Morgan fingerprint density at radius 2 is 2.04 bits per heavy atom. The van der Waals surface area contributed by atoms with Gasteiger partial charge in [0.15, 0.2) is 5.65 Å². The zero-order chi connectivity index (χ0) is 18.2. The molecule has 2 saturated carbocycles. The van der Waals surface area contributed by atoms with Gasteiger partial charge in [0.1, 0.15) is 0 Å². The Morgan fingerprint density at radius 1 is 1.27 bits per heavy atom. The summed E-state index contributed by atoms with van der Waals surface area (Å²) >= 11 is 0. The Kier molecular flexibility index (Phi) is 2.22. The predicted octanol–water partition coefficient (Wildman–Crippen LogP) is 3.93. The third-order valence-electron chi connectivity index (χ3n) is 8.02. The van der Waals surface area contributed by atoms with Gasteiger partial charge in [-0.15, -0.1) is 0 Å². The van der Waals surface area contributed by atoms with Gasteiger partial charge in [0.05, 0.1) is 5.52 Å². The van der Waals surface area contributed by atoms with Gasteiger partial charge in [0, 0.05) is 40.0 Å². The lowest BCUT2D eigenvalue weighted by Gasteiger charge is -2.32. The highest BCUT2D eigenvalue weighted by Gasteiger charge is 2.86. The lowest BCUT2D eigenvalue weighted by molar-refractivity contribution is 0.262. The lowest BCUT2D eigenvalue weighted by atomic mass is 9.72. The molecule has 3 aliphatic carbocycles. The maximum Gasteiger partial charge on any atom is 0.277 e. The molecule has 0 N–H and O–H groups in total. The van der Waals surface area contributed by atoms with E-state index in [0.717, 1.165) is 28.5 Å². The number of aromatic nitrogens is 3.